The van der Waals surface area contributed by atoms with Gasteiger partial charge in [0.05, 0.1) is 4.92 Å². The van der Waals surface area contributed by atoms with Gasteiger partial charge in [-0.15, -0.1) is 10.2 Å². The highest BCUT2D eigenvalue weighted by molar-refractivity contribution is 7.99. The van der Waals surface area contributed by atoms with Gasteiger partial charge in [0.2, 0.25) is 0 Å². The van der Waals surface area contributed by atoms with Crippen molar-refractivity contribution in [3.63, 3.8) is 0 Å². The molecule has 0 N–H and O–H groups in total. The molecule has 9 nitrogen and oxygen atoms in total. The topological polar surface area (TPSA) is 117 Å². The van der Waals surface area contributed by atoms with E-state index in [9.17, 15) is 10.1 Å². The van der Waals surface area contributed by atoms with Gasteiger partial charge in [-0.25, -0.2) is 9.97 Å². The molecular formula is C23H21N5O4S. The number of aryl methyl sites for hydroxylation is 3. The van der Waals surface area contributed by atoms with Crippen molar-refractivity contribution in [1.29, 1.82) is 0 Å². The lowest BCUT2D eigenvalue weighted by Crippen LogP contribution is -1.97. The number of hydrogen-bond acceptors (Lipinski definition) is 9. The van der Waals surface area contributed by atoms with E-state index in [1.54, 1.807) is 12.1 Å². The number of nitro groups is 1. The first-order valence-electron chi connectivity index (χ1n) is 10.2. The maximum absolute atomic E-state index is 10.9. The van der Waals surface area contributed by atoms with Gasteiger partial charge in [-0.1, -0.05) is 19.1 Å². The average Bonchev–Trinajstić information content (AvgIpc) is 3.26. The van der Waals surface area contributed by atoms with E-state index in [0.29, 0.717) is 33.9 Å². The molecule has 4 aromatic rings. The minimum absolute atomic E-state index is 0.0152. The maximum Gasteiger partial charge on any atom is 0.283 e. The van der Waals surface area contributed by atoms with Gasteiger partial charge in [0, 0.05) is 23.4 Å². The third-order valence-corrected chi connectivity index (χ3v) is 5.55. The molecule has 0 atom stereocenters. The van der Waals surface area contributed by atoms with Crippen LogP contribution in [0.1, 0.15) is 29.6 Å². The van der Waals surface area contributed by atoms with Crippen LogP contribution >= 0.6 is 11.8 Å². The summed E-state index contributed by atoms with van der Waals surface area (Å²) < 4.78 is 11.5. The van der Waals surface area contributed by atoms with Gasteiger partial charge in [-0.3, -0.25) is 10.1 Å². The monoisotopic (exact) mass is 463 g/mol. The largest absolute Gasteiger partial charge is 0.484 e. The van der Waals surface area contributed by atoms with Crippen molar-refractivity contribution in [2.24, 2.45) is 0 Å². The molecule has 168 valence electrons. The molecule has 4 rings (SSSR count). The zero-order valence-electron chi connectivity index (χ0n) is 18.3. The second kappa shape index (κ2) is 9.78. The number of non-ortho nitro benzene ring substituents is 1. The summed E-state index contributed by atoms with van der Waals surface area (Å²) in [5, 5.41) is 20.0. The van der Waals surface area contributed by atoms with E-state index in [1.807, 2.05) is 45.0 Å². The van der Waals surface area contributed by atoms with Crippen molar-refractivity contribution >= 4 is 17.4 Å². The number of ether oxygens (including phenoxy) is 1. The van der Waals surface area contributed by atoms with E-state index >= 15 is 0 Å². The quantitative estimate of drug-likeness (QED) is 0.194. The Bertz CT molecular complexity index is 1290. The average molecular weight is 464 g/mol. The SMILES string of the molecule is CCc1cc(Sc2nnc(COc3cc(C)ccc3C)o2)nc(-c2ccc([N+](=O)[O-])cc2)n1. The van der Waals surface area contributed by atoms with Gasteiger partial charge in [0.15, 0.2) is 12.4 Å². The molecule has 0 aliphatic rings. The molecule has 0 bridgehead atoms. The highest BCUT2D eigenvalue weighted by atomic mass is 32.2. The second-order valence-electron chi connectivity index (χ2n) is 7.30. The number of nitrogens with zero attached hydrogens (tertiary/aromatic N) is 5. The van der Waals surface area contributed by atoms with Crippen LogP contribution in [0.15, 0.2) is 63.2 Å². The lowest BCUT2D eigenvalue weighted by Gasteiger charge is -2.07. The Morgan fingerprint density at radius 2 is 1.85 bits per heavy atom. The number of rotatable bonds is 8. The Balaban J connectivity index is 1.49. The van der Waals surface area contributed by atoms with E-state index < -0.39 is 4.92 Å². The smallest absolute Gasteiger partial charge is 0.283 e. The molecule has 2 aromatic heterocycles. The fourth-order valence-electron chi connectivity index (χ4n) is 3.00. The molecule has 0 amide bonds. The standard InChI is InChI=1S/C23H21N5O4S/c1-4-17-12-21(25-22(24-17)16-7-9-18(10-8-16)28(29)30)33-23-27-26-20(32-23)13-31-19-11-14(2)5-6-15(19)3/h5-12H,4,13H2,1-3H3. The fraction of sp³-hybridized carbons (Fsp3) is 0.217. The highest BCUT2D eigenvalue weighted by Crippen LogP contribution is 2.29. The second-order valence-corrected chi connectivity index (χ2v) is 8.27. The predicted molar refractivity (Wildman–Crippen MR) is 122 cm³/mol. The first kappa shape index (κ1) is 22.4. The molecule has 0 saturated carbocycles. The predicted octanol–water partition coefficient (Wildman–Crippen LogP) is 5.34. The zero-order chi connectivity index (χ0) is 23.4. The summed E-state index contributed by atoms with van der Waals surface area (Å²) in [6.07, 6.45) is 0.703. The van der Waals surface area contributed by atoms with Crippen LogP contribution in [0.25, 0.3) is 11.4 Å². The van der Waals surface area contributed by atoms with Crippen LogP contribution in [0.4, 0.5) is 5.69 Å². The molecule has 0 fully saturated rings. The molecule has 0 radical (unpaired) electrons. The van der Waals surface area contributed by atoms with Crippen molar-refractivity contribution in [2.45, 2.75) is 44.0 Å². The number of benzene rings is 2. The highest BCUT2D eigenvalue weighted by Gasteiger charge is 2.14. The van der Waals surface area contributed by atoms with Crippen LogP contribution in [0.2, 0.25) is 0 Å². The molecule has 10 heteroatoms. The summed E-state index contributed by atoms with van der Waals surface area (Å²) in [5.41, 5.74) is 3.67. The van der Waals surface area contributed by atoms with E-state index in [0.717, 1.165) is 22.6 Å². The third-order valence-electron chi connectivity index (χ3n) is 4.79. The van der Waals surface area contributed by atoms with Crippen LogP contribution in [-0.4, -0.2) is 25.1 Å². The summed E-state index contributed by atoms with van der Waals surface area (Å²) in [7, 11) is 0. The number of hydrogen-bond donors (Lipinski definition) is 0. The van der Waals surface area contributed by atoms with Crippen molar-refractivity contribution in [3.05, 3.63) is 81.4 Å². The summed E-state index contributed by atoms with van der Waals surface area (Å²) in [6.45, 7) is 6.14. The summed E-state index contributed by atoms with van der Waals surface area (Å²) in [4.78, 5) is 19.6. The van der Waals surface area contributed by atoms with Crippen LogP contribution in [0.3, 0.4) is 0 Å². The molecule has 0 aliphatic heterocycles. The van der Waals surface area contributed by atoms with E-state index in [1.165, 1.54) is 23.9 Å². The first-order valence-corrected chi connectivity index (χ1v) is 11.1. The Labute approximate surface area is 194 Å². The molecule has 0 spiro atoms. The molecule has 0 saturated heterocycles. The first-order chi connectivity index (χ1) is 15.9. The Hall–Kier alpha value is -3.79. The number of aromatic nitrogens is 4. The van der Waals surface area contributed by atoms with Gasteiger partial charge in [-0.05, 0) is 67.4 Å². The number of nitro benzene ring substituents is 1. The minimum atomic E-state index is -0.439. The molecule has 2 aromatic carbocycles. The van der Waals surface area contributed by atoms with Crippen molar-refractivity contribution < 1.29 is 14.1 Å². The zero-order valence-corrected chi connectivity index (χ0v) is 19.1. The Morgan fingerprint density at radius 3 is 2.58 bits per heavy atom. The molecule has 33 heavy (non-hydrogen) atoms. The summed E-state index contributed by atoms with van der Waals surface area (Å²) in [6, 6.07) is 14.0. The molecule has 0 aliphatic carbocycles. The Kier molecular flexibility index (Phi) is 6.64. The van der Waals surface area contributed by atoms with Gasteiger partial charge in [0.25, 0.3) is 16.8 Å². The fourth-order valence-corrected chi connectivity index (χ4v) is 3.72. The summed E-state index contributed by atoms with van der Waals surface area (Å²) in [5.74, 6) is 1.61. The van der Waals surface area contributed by atoms with Gasteiger partial charge >= 0.3 is 0 Å². The molecule has 0 unspecified atom stereocenters. The third kappa shape index (κ3) is 5.53. The minimum Gasteiger partial charge on any atom is -0.484 e. The molecular weight excluding hydrogens is 442 g/mol. The summed E-state index contributed by atoms with van der Waals surface area (Å²) >= 11 is 1.23. The Morgan fingerprint density at radius 1 is 1.06 bits per heavy atom. The lowest BCUT2D eigenvalue weighted by atomic mass is 10.1. The van der Waals surface area contributed by atoms with Gasteiger partial charge < -0.3 is 9.15 Å². The van der Waals surface area contributed by atoms with Gasteiger partial charge in [-0.2, -0.15) is 0 Å². The van der Waals surface area contributed by atoms with E-state index in [-0.39, 0.29) is 12.3 Å². The molecule has 2 heterocycles. The lowest BCUT2D eigenvalue weighted by molar-refractivity contribution is -0.384. The van der Waals surface area contributed by atoms with Crippen LogP contribution in [0, 0.1) is 24.0 Å². The van der Waals surface area contributed by atoms with Crippen molar-refractivity contribution in [2.75, 3.05) is 0 Å². The van der Waals surface area contributed by atoms with E-state index in [2.05, 4.69) is 20.2 Å². The van der Waals surface area contributed by atoms with Crippen molar-refractivity contribution in [3.8, 4) is 17.1 Å². The maximum atomic E-state index is 10.9. The van der Waals surface area contributed by atoms with E-state index in [4.69, 9.17) is 9.15 Å². The van der Waals surface area contributed by atoms with Crippen molar-refractivity contribution in [1.82, 2.24) is 20.2 Å². The van der Waals surface area contributed by atoms with Crippen LogP contribution in [-0.2, 0) is 13.0 Å². The van der Waals surface area contributed by atoms with Crippen LogP contribution in [0.5, 0.6) is 5.75 Å². The van der Waals surface area contributed by atoms with Gasteiger partial charge in [0.1, 0.15) is 10.8 Å². The normalized spacial score (nSPS) is 10.9. The van der Waals surface area contributed by atoms with Crippen LogP contribution < -0.4 is 4.74 Å².